The van der Waals surface area contributed by atoms with Crippen molar-refractivity contribution in [2.24, 2.45) is 10.7 Å². The van der Waals surface area contributed by atoms with Gasteiger partial charge < -0.3 is 11.1 Å². The highest BCUT2D eigenvalue weighted by Gasteiger charge is 2.17. The van der Waals surface area contributed by atoms with Gasteiger partial charge in [-0.05, 0) is 25.1 Å². The number of nitrogens with two attached hydrogens (primary N) is 1. The quantitative estimate of drug-likeness (QED) is 0.829. The van der Waals surface area contributed by atoms with E-state index < -0.39 is 0 Å². The van der Waals surface area contributed by atoms with Gasteiger partial charge in [0.15, 0.2) is 5.82 Å². The van der Waals surface area contributed by atoms with Crippen LogP contribution in [0.1, 0.15) is 12.5 Å². The summed E-state index contributed by atoms with van der Waals surface area (Å²) in [6, 6.07) is 5.45. The van der Waals surface area contributed by atoms with Gasteiger partial charge in [-0.15, -0.1) is 0 Å². The number of nitrogens with zero attached hydrogens (tertiary/aromatic N) is 3. The number of amidine groups is 1. The molecule has 0 saturated heterocycles. The van der Waals surface area contributed by atoms with Crippen molar-refractivity contribution >= 4 is 34.6 Å². The molecule has 1 aromatic heterocycles. The summed E-state index contributed by atoms with van der Waals surface area (Å²) in [4.78, 5) is 4.38. The zero-order valence-electron chi connectivity index (χ0n) is 9.81. The molecule has 6 heteroatoms. The minimum Gasteiger partial charge on any atom is -0.383 e. The highest BCUT2D eigenvalue weighted by Crippen LogP contribution is 2.34. The van der Waals surface area contributed by atoms with Crippen LogP contribution in [0.5, 0.6) is 0 Å². The van der Waals surface area contributed by atoms with Crippen LogP contribution in [0.4, 0.5) is 17.2 Å². The molecule has 5 nitrogen and oxygen atoms in total. The highest BCUT2D eigenvalue weighted by atomic mass is 35.5. The van der Waals surface area contributed by atoms with E-state index in [0.717, 1.165) is 29.3 Å². The molecule has 0 unspecified atom stereocenters. The molecule has 1 aliphatic heterocycles. The molecule has 1 aromatic carbocycles. The fraction of sp³-hybridized carbons (Fsp3) is 0.167. The van der Waals surface area contributed by atoms with E-state index in [-0.39, 0.29) is 0 Å². The number of anilines is 2. The first kappa shape index (κ1) is 11.1. The second-order valence-electron chi connectivity index (χ2n) is 4.03. The van der Waals surface area contributed by atoms with E-state index in [4.69, 9.17) is 17.3 Å². The topological polar surface area (TPSA) is 68.2 Å². The van der Waals surface area contributed by atoms with Crippen LogP contribution < -0.4 is 11.1 Å². The maximum Gasteiger partial charge on any atom is 0.163 e. The SMILES string of the molecule is CCn1cc2c(n1)Nc1ccc(Cl)cc1N=C2N. The van der Waals surface area contributed by atoms with Crippen molar-refractivity contribution in [2.45, 2.75) is 13.5 Å². The second kappa shape index (κ2) is 4.03. The normalized spacial score (nSPS) is 13.1. The molecule has 3 rings (SSSR count). The van der Waals surface area contributed by atoms with Crippen LogP contribution in [-0.4, -0.2) is 15.6 Å². The number of rotatable bonds is 1. The van der Waals surface area contributed by atoms with Gasteiger partial charge in [0.05, 0.1) is 16.9 Å². The van der Waals surface area contributed by atoms with E-state index in [2.05, 4.69) is 15.4 Å². The first-order valence-electron chi connectivity index (χ1n) is 5.66. The number of aryl methyl sites for hydroxylation is 1. The lowest BCUT2D eigenvalue weighted by atomic mass is 10.2. The van der Waals surface area contributed by atoms with Crippen molar-refractivity contribution in [3.8, 4) is 0 Å². The first-order valence-corrected chi connectivity index (χ1v) is 6.03. The van der Waals surface area contributed by atoms with Crippen molar-refractivity contribution in [3.05, 3.63) is 35.0 Å². The van der Waals surface area contributed by atoms with Crippen LogP contribution in [0.25, 0.3) is 0 Å². The minimum absolute atomic E-state index is 0.443. The number of benzene rings is 1. The van der Waals surface area contributed by atoms with E-state index in [0.29, 0.717) is 10.9 Å². The Morgan fingerprint density at radius 2 is 2.28 bits per heavy atom. The van der Waals surface area contributed by atoms with Crippen LogP contribution >= 0.6 is 11.6 Å². The minimum atomic E-state index is 0.443. The van der Waals surface area contributed by atoms with Gasteiger partial charge in [0.25, 0.3) is 0 Å². The molecule has 0 atom stereocenters. The third-order valence-corrected chi connectivity index (χ3v) is 3.05. The number of aliphatic imine (C=N–C) groups is 1. The fourth-order valence-corrected chi connectivity index (χ4v) is 2.05. The molecular weight excluding hydrogens is 250 g/mol. The Morgan fingerprint density at radius 3 is 3.06 bits per heavy atom. The third kappa shape index (κ3) is 1.73. The molecule has 18 heavy (non-hydrogen) atoms. The number of aromatic nitrogens is 2. The van der Waals surface area contributed by atoms with Gasteiger partial charge in [0.1, 0.15) is 5.84 Å². The van der Waals surface area contributed by atoms with E-state index >= 15 is 0 Å². The van der Waals surface area contributed by atoms with Crippen LogP contribution in [0.3, 0.4) is 0 Å². The number of nitrogens with one attached hydrogen (secondary N) is 1. The predicted octanol–water partition coefficient (Wildman–Crippen LogP) is 2.65. The summed E-state index contributed by atoms with van der Waals surface area (Å²) in [6.45, 7) is 2.81. The fourth-order valence-electron chi connectivity index (χ4n) is 1.88. The molecule has 3 N–H and O–H groups in total. The van der Waals surface area contributed by atoms with Crippen LogP contribution in [0.2, 0.25) is 5.02 Å². The molecule has 0 fully saturated rings. The van der Waals surface area contributed by atoms with E-state index in [1.807, 2.05) is 23.9 Å². The Kier molecular flexibility index (Phi) is 2.48. The lowest BCUT2D eigenvalue weighted by Crippen LogP contribution is -2.12. The number of halogens is 1. The Labute approximate surface area is 109 Å². The summed E-state index contributed by atoms with van der Waals surface area (Å²) in [5.41, 5.74) is 8.37. The molecule has 0 radical (unpaired) electrons. The molecule has 1 aliphatic rings. The molecule has 0 spiro atoms. The van der Waals surface area contributed by atoms with E-state index in [1.54, 1.807) is 12.1 Å². The molecular formula is C12H12ClN5. The van der Waals surface area contributed by atoms with Crippen molar-refractivity contribution in [2.75, 3.05) is 5.32 Å². The van der Waals surface area contributed by atoms with Crippen LogP contribution in [0, 0.1) is 0 Å². The molecule has 0 saturated carbocycles. The lowest BCUT2D eigenvalue weighted by Gasteiger charge is -2.05. The Balaban J connectivity index is 2.17. The van der Waals surface area contributed by atoms with Gasteiger partial charge in [0, 0.05) is 17.8 Å². The average Bonchev–Trinajstić information content (AvgIpc) is 2.71. The highest BCUT2D eigenvalue weighted by molar-refractivity contribution is 6.31. The summed E-state index contributed by atoms with van der Waals surface area (Å²) in [5.74, 6) is 1.16. The summed E-state index contributed by atoms with van der Waals surface area (Å²) in [6.07, 6.45) is 1.88. The van der Waals surface area contributed by atoms with Crippen molar-refractivity contribution in [3.63, 3.8) is 0 Å². The maximum atomic E-state index is 5.99. The Hall–Kier alpha value is -2.01. The molecule has 2 heterocycles. The standard InChI is InChI=1S/C12H12ClN5/c1-2-18-6-8-11(14)15-10-5-7(13)3-4-9(10)16-12(8)17-18/h3-6H,2H2,1H3,(H2,14,15)(H,16,17). The van der Waals surface area contributed by atoms with Crippen molar-refractivity contribution in [1.82, 2.24) is 9.78 Å². The molecule has 92 valence electrons. The van der Waals surface area contributed by atoms with Gasteiger partial charge in [-0.2, -0.15) is 5.10 Å². The van der Waals surface area contributed by atoms with Gasteiger partial charge in [-0.1, -0.05) is 11.6 Å². The summed E-state index contributed by atoms with van der Waals surface area (Å²) in [5, 5.41) is 8.27. The Morgan fingerprint density at radius 1 is 1.44 bits per heavy atom. The third-order valence-electron chi connectivity index (χ3n) is 2.82. The molecule has 0 amide bonds. The van der Waals surface area contributed by atoms with Crippen molar-refractivity contribution in [1.29, 1.82) is 0 Å². The summed E-state index contributed by atoms with van der Waals surface area (Å²) in [7, 11) is 0. The average molecular weight is 262 g/mol. The van der Waals surface area contributed by atoms with Crippen LogP contribution in [-0.2, 0) is 6.54 Å². The number of hydrogen-bond acceptors (Lipinski definition) is 4. The van der Waals surface area contributed by atoms with E-state index in [1.165, 1.54) is 0 Å². The van der Waals surface area contributed by atoms with E-state index in [9.17, 15) is 0 Å². The number of hydrogen-bond donors (Lipinski definition) is 2. The zero-order chi connectivity index (χ0) is 12.7. The molecule has 2 aromatic rings. The Bertz CT molecular complexity index is 644. The van der Waals surface area contributed by atoms with Gasteiger partial charge in [-0.3, -0.25) is 4.68 Å². The molecule has 0 bridgehead atoms. The predicted molar refractivity (Wildman–Crippen MR) is 73.0 cm³/mol. The van der Waals surface area contributed by atoms with Crippen molar-refractivity contribution < 1.29 is 0 Å². The van der Waals surface area contributed by atoms with Crippen LogP contribution in [0.15, 0.2) is 29.4 Å². The smallest absolute Gasteiger partial charge is 0.163 e. The largest absolute Gasteiger partial charge is 0.383 e. The first-order chi connectivity index (χ1) is 8.67. The monoisotopic (exact) mass is 261 g/mol. The number of fused-ring (bicyclic) bond motifs is 2. The van der Waals surface area contributed by atoms with Gasteiger partial charge >= 0.3 is 0 Å². The summed E-state index contributed by atoms with van der Waals surface area (Å²) < 4.78 is 1.82. The van der Waals surface area contributed by atoms with Gasteiger partial charge in [0.2, 0.25) is 0 Å². The van der Waals surface area contributed by atoms with Gasteiger partial charge in [-0.25, -0.2) is 4.99 Å². The molecule has 0 aliphatic carbocycles. The maximum absolute atomic E-state index is 5.99. The lowest BCUT2D eigenvalue weighted by molar-refractivity contribution is 0.662. The second-order valence-corrected chi connectivity index (χ2v) is 4.47. The zero-order valence-corrected chi connectivity index (χ0v) is 10.6. The summed E-state index contributed by atoms with van der Waals surface area (Å²) >= 11 is 5.95.